The fourth-order valence-corrected chi connectivity index (χ4v) is 5.52. The van der Waals surface area contributed by atoms with E-state index < -0.39 is 11.0 Å². The number of amides is 2. The van der Waals surface area contributed by atoms with Crippen molar-refractivity contribution in [1.29, 1.82) is 0 Å². The highest BCUT2D eigenvalue weighted by Crippen LogP contribution is 2.54. The summed E-state index contributed by atoms with van der Waals surface area (Å²) in [6.07, 6.45) is 4.81. The molecule has 2 heterocycles. The quantitative estimate of drug-likeness (QED) is 0.914. The molecule has 4 rings (SSSR count). The SMILES string of the molecule is CC1CC(C(=O)N2C3CCC2(C(N)=O)CC3)(c2cccc(Cl)c2)C1. The van der Waals surface area contributed by atoms with Crippen molar-refractivity contribution in [3.05, 3.63) is 34.9 Å². The standard InChI is InChI=1S/C19H23ClN2O2/c1-12-10-18(11-12,13-3-2-4-14(20)9-13)17(24)22-15-5-7-19(22,8-6-15)16(21)23/h2-4,9,12,15H,5-8,10-11H2,1H3,(H2,21,23). The van der Waals surface area contributed by atoms with Gasteiger partial charge in [0.1, 0.15) is 5.54 Å². The topological polar surface area (TPSA) is 63.4 Å². The number of carbonyl (C=O) groups excluding carboxylic acids is 2. The van der Waals surface area contributed by atoms with Crippen LogP contribution in [0.1, 0.15) is 51.0 Å². The maximum Gasteiger partial charge on any atom is 0.243 e. The third-order valence-corrected chi connectivity index (χ3v) is 6.70. The molecule has 0 atom stereocenters. The number of benzene rings is 1. The van der Waals surface area contributed by atoms with Gasteiger partial charge in [0, 0.05) is 11.1 Å². The van der Waals surface area contributed by atoms with Gasteiger partial charge in [-0.3, -0.25) is 9.59 Å². The van der Waals surface area contributed by atoms with Gasteiger partial charge in [0.2, 0.25) is 11.8 Å². The van der Waals surface area contributed by atoms with Gasteiger partial charge in [-0.25, -0.2) is 0 Å². The van der Waals surface area contributed by atoms with Gasteiger partial charge >= 0.3 is 0 Å². The molecule has 128 valence electrons. The lowest BCUT2D eigenvalue weighted by molar-refractivity contribution is -0.151. The van der Waals surface area contributed by atoms with Gasteiger partial charge in [-0.1, -0.05) is 30.7 Å². The Kier molecular flexibility index (Phi) is 3.47. The number of fused-ring (bicyclic) bond motifs is 2. The van der Waals surface area contributed by atoms with Crippen LogP contribution < -0.4 is 5.73 Å². The third-order valence-electron chi connectivity index (χ3n) is 6.47. The lowest BCUT2D eigenvalue weighted by Gasteiger charge is -2.49. The van der Waals surface area contributed by atoms with Crippen LogP contribution in [0.5, 0.6) is 0 Å². The summed E-state index contributed by atoms with van der Waals surface area (Å²) >= 11 is 6.18. The lowest BCUT2D eigenvalue weighted by Crippen LogP contribution is -2.61. The molecule has 1 saturated carbocycles. The minimum Gasteiger partial charge on any atom is -0.368 e. The predicted molar refractivity (Wildman–Crippen MR) is 92.6 cm³/mol. The molecule has 2 bridgehead atoms. The molecule has 2 saturated heterocycles. The van der Waals surface area contributed by atoms with E-state index in [1.165, 1.54) is 0 Å². The molecule has 24 heavy (non-hydrogen) atoms. The lowest BCUT2D eigenvalue weighted by atomic mass is 9.58. The average Bonchev–Trinajstić information content (AvgIpc) is 3.08. The highest BCUT2D eigenvalue weighted by atomic mass is 35.5. The van der Waals surface area contributed by atoms with Gasteiger partial charge < -0.3 is 10.6 Å². The van der Waals surface area contributed by atoms with Crippen molar-refractivity contribution in [2.45, 2.75) is 62.4 Å². The first-order valence-corrected chi connectivity index (χ1v) is 9.17. The second kappa shape index (κ2) is 5.22. The maximum absolute atomic E-state index is 13.7. The average molecular weight is 347 g/mol. The Balaban J connectivity index is 1.75. The molecular weight excluding hydrogens is 324 g/mol. The molecule has 1 aromatic rings. The molecule has 3 fully saturated rings. The molecule has 3 aliphatic rings. The predicted octanol–water partition coefficient (Wildman–Crippen LogP) is 3.02. The molecule has 0 spiro atoms. The van der Waals surface area contributed by atoms with Crippen molar-refractivity contribution >= 4 is 23.4 Å². The number of nitrogens with zero attached hydrogens (tertiary/aromatic N) is 1. The Morgan fingerprint density at radius 3 is 2.46 bits per heavy atom. The van der Waals surface area contributed by atoms with E-state index >= 15 is 0 Å². The first-order chi connectivity index (χ1) is 11.4. The molecule has 1 aromatic carbocycles. The Labute approximate surface area is 147 Å². The molecule has 1 aliphatic carbocycles. The van der Waals surface area contributed by atoms with Crippen LogP contribution in [0.25, 0.3) is 0 Å². The largest absolute Gasteiger partial charge is 0.368 e. The first kappa shape index (κ1) is 15.9. The van der Waals surface area contributed by atoms with E-state index in [4.69, 9.17) is 17.3 Å². The molecule has 4 nitrogen and oxygen atoms in total. The molecule has 2 amide bonds. The van der Waals surface area contributed by atoms with E-state index in [2.05, 4.69) is 6.92 Å². The summed E-state index contributed by atoms with van der Waals surface area (Å²) in [7, 11) is 0. The van der Waals surface area contributed by atoms with Crippen molar-refractivity contribution in [2.24, 2.45) is 11.7 Å². The Bertz CT molecular complexity index is 703. The number of rotatable bonds is 3. The monoisotopic (exact) mass is 346 g/mol. The van der Waals surface area contributed by atoms with Crippen LogP contribution in [0.2, 0.25) is 5.02 Å². The van der Waals surface area contributed by atoms with E-state index in [1.807, 2.05) is 29.2 Å². The zero-order chi connectivity index (χ0) is 17.1. The number of carbonyl (C=O) groups is 2. The number of hydrogen-bond donors (Lipinski definition) is 1. The minimum absolute atomic E-state index is 0.0849. The van der Waals surface area contributed by atoms with Gasteiger partial charge in [0.15, 0.2) is 0 Å². The Morgan fingerprint density at radius 1 is 1.25 bits per heavy atom. The summed E-state index contributed by atoms with van der Waals surface area (Å²) in [5.74, 6) is 0.240. The van der Waals surface area contributed by atoms with E-state index in [0.29, 0.717) is 23.8 Å². The van der Waals surface area contributed by atoms with E-state index in [-0.39, 0.29) is 17.9 Å². The van der Waals surface area contributed by atoms with Crippen LogP contribution in [0, 0.1) is 5.92 Å². The summed E-state index contributed by atoms with van der Waals surface area (Å²) in [5.41, 5.74) is 5.41. The van der Waals surface area contributed by atoms with Crippen molar-refractivity contribution in [3.8, 4) is 0 Å². The third kappa shape index (κ3) is 1.98. The Morgan fingerprint density at radius 2 is 1.92 bits per heavy atom. The molecule has 0 aromatic heterocycles. The fraction of sp³-hybridized carbons (Fsp3) is 0.579. The molecule has 0 radical (unpaired) electrons. The number of primary amides is 1. The van der Waals surface area contributed by atoms with Gasteiger partial charge in [-0.05, 0) is 62.1 Å². The van der Waals surface area contributed by atoms with Crippen molar-refractivity contribution in [1.82, 2.24) is 4.90 Å². The number of halogens is 1. The van der Waals surface area contributed by atoms with Crippen molar-refractivity contribution in [3.63, 3.8) is 0 Å². The van der Waals surface area contributed by atoms with E-state index in [9.17, 15) is 9.59 Å². The van der Waals surface area contributed by atoms with Gasteiger partial charge in [-0.15, -0.1) is 0 Å². The van der Waals surface area contributed by atoms with Gasteiger partial charge in [0.25, 0.3) is 0 Å². The number of nitrogens with two attached hydrogens (primary N) is 1. The van der Waals surface area contributed by atoms with Crippen LogP contribution in [-0.4, -0.2) is 28.3 Å². The van der Waals surface area contributed by atoms with E-state index in [1.54, 1.807) is 0 Å². The molecule has 2 aliphatic heterocycles. The summed E-state index contributed by atoms with van der Waals surface area (Å²) in [5, 5.41) is 0.647. The normalized spacial score (nSPS) is 37.3. The summed E-state index contributed by atoms with van der Waals surface area (Å²) in [6, 6.07) is 7.79. The smallest absolute Gasteiger partial charge is 0.243 e. The zero-order valence-electron chi connectivity index (χ0n) is 13.9. The Hall–Kier alpha value is -1.55. The first-order valence-electron chi connectivity index (χ1n) is 8.79. The van der Waals surface area contributed by atoms with Crippen LogP contribution in [-0.2, 0) is 15.0 Å². The molecule has 2 N–H and O–H groups in total. The summed E-state index contributed by atoms with van der Waals surface area (Å²) < 4.78 is 0. The van der Waals surface area contributed by atoms with Gasteiger partial charge in [0.05, 0.1) is 5.41 Å². The summed E-state index contributed by atoms with van der Waals surface area (Å²) in [6.45, 7) is 2.17. The fourth-order valence-electron chi connectivity index (χ4n) is 5.33. The van der Waals surface area contributed by atoms with Crippen LogP contribution in [0.4, 0.5) is 0 Å². The van der Waals surface area contributed by atoms with Crippen LogP contribution in [0.3, 0.4) is 0 Å². The molecule has 0 unspecified atom stereocenters. The second-order valence-electron chi connectivity index (χ2n) is 7.91. The second-order valence-corrected chi connectivity index (χ2v) is 8.34. The number of hydrogen-bond acceptors (Lipinski definition) is 2. The maximum atomic E-state index is 13.7. The molecule has 5 heteroatoms. The van der Waals surface area contributed by atoms with Crippen LogP contribution >= 0.6 is 11.6 Å². The highest BCUT2D eigenvalue weighted by Gasteiger charge is 2.62. The van der Waals surface area contributed by atoms with Crippen molar-refractivity contribution < 1.29 is 9.59 Å². The van der Waals surface area contributed by atoms with Gasteiger partial charge in [-0.2, -0.15) is 0 Å². The summed E-state index contributed by atoms with van der Waals surface area (Å²) in [4.78, 5) is 27.7. The van der Waals surface area contributed by atoms with E-state index in [0.717, 1.165) is 31.2 Å². The van der Waals surface area contributed by atoms with Crippen LogP contribution in [0.15, 0.2) is 24.3 Å². The highest BCUT2D eigenvalue weighted by molar-refractivity contribution is 6.30. The minimum atomic E-state index is -0.758. The zero-order valence-corrected chi connectivity index (χ0v) is 14.7. The molecular formula is C19H23ClN2O2. The van der Waals surface area contributed by atoms with Crippen molar-refractivity contribution in [2.75, 3.05) is 0 Å².